The summed E-state index contributed by atoms with van der Waals surface area (Å²) in [5.41, 5.74) is 7.10. The number of ether oxygens (including phenoxy) is 1. The Balaban J connectivity index is 1.71. The summed E-state index contributed by atoms with van der Waals surface area (Å²) in [4.78, 5) is 0. The van der Waals surface area contributed by atoms with E-state index in [1.54, 1.807) is 0 Å². The zero-order valence-electron chi connectivity index (χ0n) is 19.1. The van der Waals surface area contributed by atoms with Gasteiger partial charge in [0.15, 0.2) is 0 Å². The lowest BCUT2D eigenvalue weighted by atomic mass is 9.81. The molecule has 1 nitrogen and oxygen atoms in total. The van der Waals surface area contributed by atoms with Crippen LogP contribution in [-0.2, 0) is 0 Å². The van der Waals surface area contributed by atoms with E-state index in [4.69, 9.17) is 4.74 Å². The van der Waals surface area contributed by atoms with Gasteiger partial charge in [0, 0.05) is 16.7 Å². The summed E-state index contributed by atoms with van der Waals surface area (Å²) in [6, 6.07) is 47.3. The molecule has 0 saturated heterocycles. The van der Waals surface area contributed by atoms with Crippen molar-refractivity contribution in [2.45, 2.75) is 0 Å². The molecule has 0 fully saturated rings. The van der Waals surface area contributed by atoms with Crippen molar-refractivity contribution in [3.63, 3.8) is 0 Å². The van der Waals surface area contributed by atoms with Gasteiger partial charge in [0.2, 0.25) is 0 Å². The van der Waals surface area contributed by atoms with Gasteiger partial charge in [0.05, 0.1) is 0 Å². The van der Waals surface area contributed by atoms with Crippen LogP contribution < -0.4 is 4.74 Å². The summed E-state index contributed by atoms with van der Waals surface area (Å²) in [5, 5.41) is 4.95. The average molecular weight is 447 g/mol. The topological polar surface area (TPSA) is 9.23 Å². The molecule has 7 rings (SSSR count). The number of rotatable bonds is 2. The van der Waals surface area contributed by atoms with Gasteiger partial charge < -0.3 is 4.74 Å². The number of benzene rings is 6. The van der Waals surface area contributed by atoms with Gasteiger partial charge in [0.1, 0.15) is 11.5 Å². The molecule has 0 atom stereocenters. The first-order chi connectivity index (χ1) is 17.4. The lowest BCUT2D eigenvalue weighted by molar-refractivity contribution is 0.474. The van der Waals surface area contributed by atoms with Crippen molar-refractivity contribution in [1.82, 2.24) is 0 Å². The van der Waals surface area contributed by atoms with Gasteiger partial charge in [0.25, 0.3) is 0 Å². The van der Waals surface area contributed by atoms with Crippen molar-refractivity contribution in [2.75, 3.05) is 0 Å². The third kappa shape index (κ3) is 3.17. The van der Waals surface area contributed by atoms with E-state index in [0.717, 1.165) is 22.6 Å². The van der Waals surface area contributed by atoms with Gasteiger partial charge in [-0.1, -0.05) is 121 Å². The summed E-state index contributed by atoms with van der Waals surface area (Å²) in [6.45, 7) is 0. The maximum atomic E-state index is 6.37. The second-order valence-corrected chi connectivity index (χ2v) is 8.90. The summed E-state index contributed by atoms with van der Waals surface area (Å²) >= 11 is 0. The van der Waals surface area contributed by atoms with Crippen LogP contribution >= 0.6 is 0 Å². The molecule has 0 unspecified atom stereocenters. The van der Waals surface area contributed by atoms with Crippen LogP contribution in [0.4, 0.5) is 0 Å². The summed E-state index contributed by atoms with van der Waals surface area (Å²) in [6.07, 6.45) is 0. The second kappa shape index (κ2) is 8.00. The maximum absolute atomic E-state index is 6.37. The molecule has 0 bridgehead atoms. The van der Waals surface area contributed by atoms with Crippen LogP contribution in [-0.4, -0.2) is 0 Å². The molecule has 0 aromatic heterocycles. The highest BCUT2D eigenvalue weighted by Gasteiger charge is 2.27. The Bertz CT molecular complexity index is 1630. The molecular formula is C34H22O. The first kappa shape index (κ1) is 19.8. The van der Waals surface area contributed by atoms with Crippen molar-refractivity contribution < 1.29 is 4.74 Å². The van der Waals surface area contributed by atoms with E-state index >= 15 is 0 Å². The van der Waals surface area contributed by atoms with E-state index in [1.165, 1.54) is 43.8 Å². The molecular weight excluding hydrogens is 424 g/mol. The molecule has 6 aromatic carbocycles. The monoisotopic (exact) mass is 446 g/mol. The molecule has 0 saturated carbocycles. The zero-order valence-corrected chi connectivity index (χ0v) is 19.1. The number of hydrogen-bond donors (Lipinski definition) is 0. The number of para-hydroxylation sites is 2. The smallest absolute Gasteiger partial charge is 0.135 e. The lowest BCUT2D eigenvalue weighted by Gasteiger charge is -2.27. The highest BCUT2D eigenvalue weighted by atomic mass is 16.5. The average Bonchev–Trinajstić information content (AvgIpc) is 2.93. The van der Waals surface area contributed by atoms with Crippen LogP contribution in [0.2, 0.25) is 0 Å². The summed E-state index contributed by atoms with van der Waals surface area (Å²) in [7, 11) is 0. The van der Waals surface area contributed by atoms with E-state index in [2.05, 4.69) is 121 Å². The fraction of sp³-hybridized carbons (Fsp3) is 0. The Kier molecular flexibility index (Phi) is 4.53. The van der Waals surface area contributed by atoms with Crippen LogP contribution in [0.1, 0.15) is 22.3 Å². The maximum Gasteiger partial charge on any atom is 0.135 e. The molecule has 0 radical (unpaired) electrons. The van der Waals surface area contributed by atoms with Crippen molar-refractivity contribution in [1.29, 1.82) is 0 Å². The van der Waals surface area contributed by atoms with Crippen molar-refractivity contribution in [3.05, 3.63) is 156 Å². The van der Waals surface area contributed by atoms with E-state index in [0.29, 0.717) is 0 Å². The van der Waals surface area contributed by atoms with Gasteiger partial charge >= 0.3 is 0 Å². The van der Waals surface area contributed by atoms with Crippen molar-refractivity contribution in [2.24, 2.45) is 0 Å². The van der Waals surface area contributed by atoms with Gasteiger partial charge in [-0.2, -0.15) is 0 Å². The highest BCUT2D eigenvalue weighted by Crippen LogP contribution is 2.49. The van der Waals surface area contributed by atoms with E-state index in [-0.39, 0.29) is 0 Å². The van der Waals surface area contributed by atoms with Gasteiger partial charge in [-0.25, -0.2) is 0 Å². The molecule has 35 heavy (non-hydrogen) atoms. The molecule has 1 aliphatic heterocycles. The van der Waals surface area contributed by atoms with E-state index in [1.807, 2.05) is 12.1 Å². The summed E-state index contributed by atoms with van der Waals surface area (Å²) < 4.78 is 6.37. The Hall–Kier alpha value is -4.62. The third-order valence-electron chi connectivity index (χ3n) is 6.90. The Morgan fingerprint density at radius 3 is 1.37 bits per heavy atom. The second-order valence-electron chi connectivity index (χ2n) is 8.90. The van der Waals surface area contributed by atoms with E-state index < -0.39 is 0 Å². The first-order valence-corrected chi connectivity index (χ1v) is 12.0. The highest BCUT2D eigenvalue weighted by molar-refractivity contribution is 6.15. The molecule has 6 aromatic rings. The predicted molar refractivity (Wildman–Crippen MR) is 146 cm³/mol. The molecule has 1 heterocycles. The fourth-order valence-corrected chi connectivity index (χ4v) is 5.36. The SMILES string of the molecule is c1ccc2c(c1)Oc1ccccc1C2=C(c1cccc2ccccc12)c1cccc2ccccc12. The quantitative estimate of drug-likeness (QED) is 0.257. The van der Waals surface area contributed by atoms with Crippen LogP contribution in [0.3, 0.4) is 0 Å². The van der Waals surface area contributed by atoms with Gasteiger partial charge in [-0.15, -0.1) is 0 Å². The standard InChI is InChI=1S/C34H22O/c1-3-15-25-23(11-1)13-9-19-27(25)33(28-20-10-14-24-12-2-4-16-26(24)28)34-29-17-5-7-21-31(29)35-32-22-8-6-18-30(32)34/h1-22H. The molecule has 1 heteroatoms. The van der Waals surface area contributed by atoms with E-state index in [9.17, 15) is 0 Å². The minimum absolute atomic E-state index is 0.888. The number of fused-ring (bicyclic) bond motifs is 4. The molecule has 164 valence electrons. The Labute approximate surface area is 204 Å². The third-order valence-corrected chi connectivity index (χ3v) is 6.90. The van der Waals surface area contributed by atoms with Crippen LogP contribution in [0, 0.1) is 0 Å². The molecule has 0 spiro atoms. The van der Waals surface area contributed by atoms with Crippen molar-refractivity contribution >= 4 is 32.7 Å². The van der Waals surface area contributed by atoms with Gasteiger partial charge in [-0.3, -0.25) is 0 Å². The Morgan fingerprint density at radius 2 is 0.829 bits per heavy atom. The minimum atomic E-state index is 0.888. The molecule has 1 aliphatic rings. The fourth-order valence-electron chi connectivity index (χ4n) is 5.36. The van der Waals surface area contributed by atoms with Gasteiger partial charge in [-0.05, 0) is 50.4 Å². The van der Waals surface area contributed by atoms with Crippen LogP contribution in [0.15, 0.2) is 133 Å². The normalized spacial score (nSPS) is 12.2. The first-order valence-electron chi connectivity index (χ1n) is 12.0. The van der Waals surface area contributed by atoms with Crippen LogP contribution in [0.25, 0.3) is 32.7 Å². The largest absolute Gasteiger partial charge is 0.456 e. The molecule has 0 N–H and O–H groups in total. The molecule has 0 aliphatic carbocycles. The minimum Gasteiger partial charge on any atom is -0.456 e. The summed E-state index contributed by atoms with van der Waals surface area (Å²) in [5.74, 6) is 1.78. The van der Waals surface area contributed by atoms with Crippen molar-refractivity contribution in [3.8, 4) is 11.5 Å². The number of hydrogen-bond acceptors (Lipinski definition) is 1. The zero-order chi connectivity index (χ0) is 23.2. The predicted octanol–water partition coefficient (Wildman–Crippen LogP) is 9.11. The molecule has 0 amide bonds. The Morgan fingerprint density at radius 1 is 0.400 bits per heavy atom. The lowest BCUT2D eigenvalue weighted by Crippen LogP contribution is -2.06. The van der Waals surface area contributed by atoms with Crippen LogP contribution in [0.5, 0.6) is 11.5 Å².